The molecule has 0 fully saturated rings. The van der Waals surface area contributed by atoms with Crippen molar-refractivity contribution in [2.24, 2.45) is 0 Å². The zero-order valence-electron chi connectivity index (χ0n) is 16.7. The molecule has 0 radical (unpaired) electrons. The maximum atomic E-state index is 12.9. The summed E-state index contributed by atoms with van der Waals surface area (Å²) in [6, 6.07) is 13.9. The number of hydrogen-bond acceptors (Lipinski definition) is 3. The Balaban J connectivity index is 2.11. The van der Waals surface area contributed by atoms with Crippen LogP contribution in [0.3, 0.4) is 0 Å². The molecule has 2 rings (SSSR count). The Morgan fingerprint density at radius 3 is 2.66 bits per heavy atom. The van der Waals surface area contributed by atoms with Crippen LogP contribution >= 0.6 is 27.5 Å². The lowest BCUT2D eigenvalue weighted by Crippen LogP contribution is -2.49. The van der Waals surface area contributed by atoms with Crippen LogP contribution in [0.2, 0.25) is 5.02 Å². The third kappa shape index (κ3) is 7.71. The number of carbonyl (C=O) groups is 2. The highest BCUT2D eigenvalue weighted by molar-refractivity contribution is 9.10. The minimum absolute atomic E-state index is 0.176. The molecule has 2 aromatic carbocycles. The molecular formula is C22H26BrClN2O3. The number of carbonyl (C=O) groups excluding carboxylic acids is 2. The predicted molar refractivity (Wildman–Crippen MR) is 119 cm³/mol. The van der Waals surface area contributed by atoms with Gasteiger partial charge in [0.15, 0.2) is 6.61 Å². The minimum atomic E-state index is -0.624. The summed E-state index contributed by atoms with van der Waals surface area (Å²) in [6.45, 7) is 4.51. The Bertz CT molecular complexity index is 831. The number of nitrogens with one attached hydrogen (secondary N) is 1. The van der Waals surface area contributed by atoms with E-state index >= 15 is 0 Å². The second kappa shape index (κ2) is 11.8. The van der Waals surface area contributed by atoms with E-state index in [0.29, 0.717) is 23.9 Å². The van der Waals surface area contributed by atoms with E-state index in [2.05, 4.69) is 28.2 Å². The minimum Gasteiger partial charge on any atom is -0.484 e. The summed E-state index contributed by atoms with van der Waals surface area (Å²) in [5, 5.41) is 3.43. The zero-order valence-corrected chi connectivity index (χ0v) is 19.0. The molecule has 29 heavy (non-hydrogen) atoms. The summed E-state index contributed by atoms with van der Waals surface area (Å²) in [5.41, 5.74) is 0.920. The Hall–Kier alpha value is -2.05. The summed E-state index contributed by atoms with van der Waals surface area (Å²) in [4.78, 5) is 27.0. The zero-order chi connectivity index (χ0) is 21.2. The third-order valence-electron chi connectivity index (χ3n) is 4.40. The molecule has 0 aliphatic carbocycles. The first kappa shape index (κ1) is 23.2. The van der Waals surface area contributed by atoms with Gasteiger partial charge in [0.25, 0.3) is 5.91 Å². The van der Waals surface area contributed by atoms with Crippen LogP contribution in [0.1, 0.15) is 32.3 Å². The lowest BCUT2D eigenvalue weighted by atomic mass is 10.1. The van der Waals surface area contributed by atoms with Crippen molar-refractivity contribution in [3.05, 3.63) is 63.6 Å². The van der Waals surface area contributed by atoms with Crippen molar-refractivity contribution in [2.45, 2.75) is 39.3 Å². The van der Waals surface area contributed by atoms with Crippen molar-refractivity contribution in [1.29, 1.82) is 0 Å². The summed E-state index contributed by atoms with van der Waals surface area (Å²) in [5.74, 6) is 0.0564. The Kier molecular flexibility index (Phi) is 9.48. The molecule has 0 aromatic heterocycles. The summed E-state index contributed by atoms with van der Waals surface area (Å²) >= 11 is 9.41. The van der Waals surface area contributed by atoms with Crippen molar-refractivity contribution in [1.82, 2.24) is 10.2 Å². The van der Waals surface area contributed by atoms with Crippen LogP contribution in [-0.2, 0) is 16.1 Å². The average molecular weight is 482 g/mol. The van der Waals surface area contributed by atoms with Gasteiger partial charge in [0.2, 0.25) is 5.91 Å². The van der Waals surface area contributed by atoms with Gasteiger partial charge in [-0.25, -0.2) is 0 Å². The van der Waals surface area contributed by atoms with E-state index in [4.69, 9.17) is 16.3 Å². The van der Waals surface area contributed by atoms with E-state index in [1.165, 1.54) is 4.90 Å². The molecule has 0 spiro atoms. The molecule has 1 N–H and O–H groups in total. The molecule has 1 atom stereocenters. The summed E-state index contributed by atoms with van der Waals surface area (Å²) < 4.78 is 6.52. The largest absolute Gasteiger partial charge is 0.484 e. The van der Waals surface area contributed by atoms with Crippen LogP contribution in [0, 0.1) is 0 Å². The van der Waals surface area contributed by atoms with Crippen molar-refractivity contribution in [3.63, 3.8) is 0 Å². The SMILES string of the molecule is CCCCNC(=O)[C@H](C)N(Cc1cccc(Br)c1)C(=O)COc1cccc(Cl)c1. The maximum Gasteiger partial charge on any atom is 0.261 e. The fourth-order valence-electron chi connectivity index (χ4n) is 2.74. The predicted octanol–water partition coefficient (Wildman–Crippen LogP) is 4.81. The number of unbranched alkanes of at least 4 members (excludes halogenated alkanes) is 1. The van der Waals surface area contributed by atoms with Crippen LogP contribution in [0.15, 0.2) is 53.0 Å². The molecule has 0 aliphatic heterocycles. The average Bonchev–Trinajstić information content (AvgIpc) is 2.70. The first-order valence-electron chi connectivity index (χ1n) is 9.60. The number of halogens is 2. The standard InChI is InChI=1S/C22H26BrClN2O3/c1-3-4-11-25-22(28)16(2)26(14-17-7-5-8-18(23)12-17)21(27)15-29-20-10-6-9-19(24)13-20/h5-10,12-13,16H,3-4,11,14-15H2,1-2H3,(H,25,28)/t16-/m0/s1. The lowest BCUT2D eigenvalue weighted by molar-refractivity contribution is -0.142. The molecule has 156 valence electrons. The molecule has 0 saturated heterocycles. The van der Waals surface area contributed by atoms with Gasteiger partial charge in [-0.3, -0.25) is 9.59 Å². The van der Waals surface area contributed by atoms with Gasteiger partial charge in [-0.05, 0) is 49.2 Å². The molecule has 2 amide bonds. The van der Waals surface area contributed by atoms with Gasteiger partial charge in [-0.2, -0.15) is 0 Å². The second-order valence-corrected chi connectivity index (χ2v) is 8.07. The van der Waals surface area contributed by atoms with E-state index < -0.39 is 6.04 Å². The van der Waals surface area contributed by atoms with Gasteiger partial charge in [-0.1, -0.05) is 59.1 Å². The van der Waals surface area contributed by atoms with Crippen LogP contribution in [0.4, 0.5) is 0 Å². The van der Waals surface area contributed by atoms with Gasteiger partial charge in [0.05, 0.1) is 0 Å². The Labute approximate surface area is 185 Å². The molecule has 0 saturated carbocycles. The lowest BCUT2D eigenvalue weighted by Gasteiger charge is -2.29. The van der Waals surface area contributed by atoms with Crippen molar-refractivity contribution in [2.75, 3.05) is 13.2 Å². The quantitative estimate of drug-likeness (QED) is 0.495. The fraction of sp³-hybridized carbons (Fsp3) is 0.364. The molecular weight excluding hydrogens is 456 g/mol. The highest BCUT2D eigenvalue weighted by Crippen LogP contribution is 2.18. The van der Waals surface area contributed by atoms with Crippen LogP contribution < -0.4 is 10.1 Å². The van der Waals surface area contributed by atoms with Crippen LogP contribution in [0.5, 0.6) is 5.75 Å². The first-order valence-corrected chi connectivity index (χ1v) is 10.8. The first-order chi connectivity index (χ1) is 13.9. The van der Waals surface area contributed by atoms with Gasteiger partial charge >= 0.3 is 0 Å². The van der Waals surface area contributed by atoms with Gasteiger partial charge in [0.1, 0.15) is 11.8 Å². The van der Waals surface area contributed by atoms with E-state index in [0.717, 1.165) is 22.9 Å². The third-order valence-corrected chi connectivity index (χ3v) is 5.13. The molecule has 7 heteroatoms. The van der Waals surface area contributed by atoms with E-state index in [9.17, 15) is 9.59 Å². The molecule has 0 aliphatic rings. The Morgan fingerprint density at radius 1 is 1.21 bits per heavy atom. The fourth-order valence-corrected chi connectivity index (χ4v) is 3.36. The Morgan fingerprint density at radius 2 is 1.97 bits per heavy atom. The summed E-state index contributed by atoms with van der Waals surface area (Å²) in [7, 11) is 0. The molecule has 5 nitrogen and oxygen atoms in total. The number of ether oxygens (including phenoxy) is 1. The molecule has 0 unspecified atom stereocenters. The van der Waals surface area contributed by atoms with Crippen molar-refractivity contribution >= 4 is 39.3 Å². The number of benzene rings is 2. The van der Waals surface area contributed by atoms with Gasteiger partial charge < -0.3 is 15.0 Å². The van der Waals surface area contributed by atoms with Crippen molar-refractivity contribution in [3.8, 4) is 5.75 Å². The van der Waals surface area contributed by atoms with Gasteiger partial charge in [-0.15, -0.1) is 0 Å². The van der Waals surface area contributed by atoms with Crippen molar-refractivity contribution < 1.29 is 14.3 Å². The number of amides is 2. The van der Waals surface area contributed by atoms with Crippen LogP contribution in [0.25, 0.3) is 0 Å². The molecule has 0 bridgehead atoms. The summed E-state index contributed by atoms with van der Waals surface area (Å²) in [6.07, 6.45) is 1.89. The monoisotopic (exact) mass is 480 g/mol. The number of rotatable bonds is 10. The second-order valence-electron chi connectivity index (χ2n) is 6.72. The van der Waals surface area contributed by atoms with Crippen LogP contribution in [-0.4, -0.2) is 35.9 Å². The molecule has 0 heterocycles. The van der Waals surface area contributed by atoms with Gasteiger partial charge in [0, 0.05) is 22.6 Å². The van der Waals surface area contributed by atoms with E-state index in [1.54, 1.807) is 31.2 Å². The number of nitrogens with zero attached hydrogens (tertiary/aromatic N) is 1. The van der Waals surface area contributed by atoms with E-state index in [1.807, 2.05) is 24.3 Å². The molecule has 2 aromatic rings. The highest BCUT2D eigenvalue weighted by Gasteiger charge is 2.26. The highest BCUT2D eigenvalue weighted by atomic mass is 79.9. The number of hydrogen-bond donors (Lipinski definition) is 1. The van der Waals surface area contributed by atoms with E-state index in [-0.39, 0.29) is 18.4 Å². The normalized spacial score (nSPS) is 11.6. The smallest absolute Gasteiger partial charge is 0.261 e. The maximum absolute atomic E-state index is 12.9. The topological polar surface area (TPSA) is 58.6 Å².